The van der Waals surface area contributed by atoms with Gasteiger partial charge in [-0.25, -0.2) is 8.78 Å². The normalized spacial score (nSPS) is 10.5. The molecule has 2 N–H and O–H groups in total. The molecule has 0 radical (unpaired) electrons. The van der Waals surface area contributed by atoms with Gasteiger partial charge >= 0.3 is 0 Å². The van der Waals surface area contributed by atoms with Crippen LogP contribution >= 0.6 is 0 Å². The van der Waals surface area contributed by atoms with Gasteiger partial charge in [0, 0.05) is 11.3 Å². The number of anilines is 1. The highest BCUT2D eigenvalue weighted by molar-refractivity contribution is 6.12. The van der Waals surface area contributed by atoms with Crippen molar-refractivity contribution in [3.05, 3.63) is 64.2 Å². The summed E-state index contributed by atoms with van der Waals surface area (Å²) in [7, 11) is 0. The highest BCUT2D eigenvalue weighted by Gasteiger charge is 2.18. The van der Waals surface area contributed by atoms with Crippen molar-refractivity contribution < 1.29 is 13.6 Å². The standard InChI is InChI=1S/C15H13F2NO/c1-8-3-4-14(18)11(5-8)15(19)10-7-12(16)9(2)6-13(10)17/h3-7H,18H2,1-2H3. The van der Waals surface area contributed by atoms with Gasteiger partial charge in [-0.3, -0.25) is 4.79 Å². The van der Waals surface area contributed by atoms with Crippen molar-refractivity contribution in [1.29, 1.82) is 0 Å². The minimum atomic E-state index is -0.746. The minimum absolute atomic E-state index is 0.159. The van der Waals surface area contributed by atoms with Crippen molar-refractivity contribution in [1.82, 2.24) is 0 Å². The first-order valence-electron chi connectivity index (χ1n) is 5.76. The third-order valence-corrected chi connectivity index (χ3v) is 2.95. The monoisotopic (exact) mass is 261 g/mol. The molecule has 0 fully saturated rings. The lowest BCUT2D eigenvalue weighted by Gasteiger charge is -2.08. The van der Waals surface area contributed by atoms with Gasteiger partial charge in [0.1, 0.15) is 11.6 Å². The van der Waals surface area contributed by atoms with Crippen LogP contribution in [0.2, 0.25) is 0 Å². The van der Waals surface area contributed by atoms with Crippen LogP contribution in [-0.2, 0) is 0 Å². The maximum absolute atomic E-state index is 13.8. The molecule has 0 aliphatic carbocycles. The lowest BCUT2D eigenvalue weighted by molar-refractivity contribution is 0.103. The fraction of sp³-hybridized carbons (Fsp3) is 0.133. The molecule has 0 spiro atoms. The quantitative estimate of drug-likeness (QED) is 0.665. The Bertz CT molecular complexity index is 665. The molecular formula is C15H13F2NO. The Balaban J connectivity index is 2.56. The number of ketones is 1. The van der Waals surface area contributed by atoms with Crippen molar-refractivity contribution in [3.63, 3.8) is 0 Å². The molecule has 19 heavy (non-hydrogen) atoms. The summed E-state index contributed by atoms with van der Waals surface area (Å²) in [5, 5.41) is 0. The smallest absolute Gasteiger partial charge is 0.198 e. The van der Waals surface area contributed by atoms with E-state index in [4.69, 9.17) is 5.73 Å². The fourth-order valence-corrected chi connectivity index (χ4v) is 1.83. The van der Waals surface area contributed by atoms with Crippen LogP contribution < -0.4 is 5.73 Å². The molecule has 2 aromatic carbocycles. The molecule has 4 heteroatoms. The summed E-state index contributed by atoms with van der Waals surface area (Å²) in [6.45, 7) is 3.23. The number of carbonyl (C=O) groups excluding carboxylic acids is 1. The highest BCUT2D eigenvalue weighted by Crippen LogP contribution is 2.22. The van der Waals surface area contributed by atoms with Crippen LogP contribution in [0.4, 0.5) is 14.5 Å². The van der Waals surface area contributed by atoms with E-state index in [0.29, 0.717) is 0 Å². The molecule has 0 aromatic heterocycles. The third kappa shape index (κ3) is 2.47. The molecule has 2 nitrogen and oxygen atoms in total. The zero-order valence-electron chi connectivity index (χ0n) is 10.6. The molecule has 0 saturated carbocycles. The zero-order valence-corrected chi connectivity index (χ0v) is 10.6. The summed E-state index contributed by atoms with van der Waals surface area (Å²) >= 11 is 0. The van der Waals surface area contributed by atoms with Crippen LogP contribution in [0.25, 0.3) is 0 Å². The molecule has 0 aliphatic rings. The number of aryl methyl sites for hydroxylation is 2. The number of benzene rings is 2. The fourth-order valence-electron chi connectivity index (χ4n) is 1.83. The minimum Gasteiger partial charge on any atom is -0.398 e. The molecule has 0 unspecified atom stereocenters. The first-order chi connectivity index (χ1) is 8.90. The van der Waals surface area contributed by atoms with E-state index in [9.17, 15) is 13.6 Å². The van der Waals surface area contributed by atoms with Gasteiger partial charge in [-0.05, 0) is 43.7 Å². The van der Waals surface area contributed by atoms with Crippen molar-refractivity contribution in [2.45, 2.75) is 13.8 Å². The number of hydrogen-bond acceptors (Lipinski definition) is 2. The molecule has 98 valence electrons. The molecule has 0 saturated heterocycles. The molecule has 0 heterocycles. The Kier molecular flexibility index (Phi) is 3.34. The molecule has 2 rings (SSSR count). The summed E-state index contributed by atoms with van der Waals surface area (Å²) in [6, 6.07) is 6.81. The van der Waals surface area contributed by atoms with E-state index in [1.165, 1.54) is 6.92 Å². The van der Waals surface area contributed by atoms with E-state index in [1.807, 2.05) is 0 Å². The van der Waals surface area contributed by atoms with Crippen LogP contribution in [0.15, 0.2) is 30.3 Å². The van der Waals surface area contributed by atoms with E-state index in [-0.39, 0.29) is 22.4 Å². The van der Waals surface area contributed by atoms with Gasteiger partial charge in [0.25, 0.3) is 0 Å². The van der Waals surface area contributed by atoms with Gasteiger partial charge in [-0.2, -0.15) is 0 Å². The number of nitrogens with two attached hydrogens (primary N) is 1. The van der Waals surface area contributed by atoms with E-state index < -0.39 is 17.4 Å². The number of halogens is 2. The summed E-state index contributed by atoms with van der Waals surface area (Å²) in [4.78, 5) is 12.2. The van der Waals surface area contributed by atoms with Gasteiger partial charge in [0.05, 0.1) is 5.56 Å². The maximum Gasteiger partial charge on any atom is 0.198 e. The largest absolute Gasteiger partial charge is 0.398 e. The van der Waals surface area contributed by atoms with E-state index in [1.54, 1.807) is 25.1 Å². The summed E-state index contributed by atoms with van der Waals surface area (Å²) in [5.41, 5.74) is 6.82. The van der Waals surface area contributed by atoms with Gasteiger partial charge < -0.3 is 5.73 Å². The van der Waals surface area contributed by atoms with E-state index >= 15 is 0 Å². The van der Waals surface area contributed by atoms with Gasteiger partial charge in [0.15, 0.2) is 5.78 Å². The van der Waals surface area contributed by atoms with Crippen molar-refractivity contribution in [2.24, 2.45) is 0 Å². The van der Waals surface area contributed by atoms with E-state index in [0.717, 1.165) is 17.7 Å². The Labute approximate surface area is 109 Å². The van der Waals surface area contributed by atoms with Crippen molar-refractivity contribution in [3.8, 4) is 0 Å². The second-order valence-corrected chi connectivity index (χ2v) is 4.50. The molecular weight excluding hydrogens is 248 g/mol. The maximum atomic E-state index is 13.8. The van der Waals surface area contributed by atoms with Crippen LogP contribution in [0.5, 0.6) is 0 Å². The Morgan fingerprint density at radius 2 is 1.68 bits per heavy atom. The second-order valence-electron chi connectivity index (χ2n) is 4.50. The number of carbonyl (C=O) groups is 1. The molecule has 2 aromatic rings. The topological polar surface area (TPSA) is 43.1 Å². The van der Waals surface area contributed by atoms with Gasteiger partial charge in [-0.15, -0.1) is 0 Å². The summed E-state index contributed by atoms with van der Waals surface area (Å²) < 4.78 is 27.2. The molecule has 0 aliphatic heterocycles. The number of rotatable bonds is 2. The zero-order chi connectivity index (χ0) is 14.2. The molecule has 0 bridgehead atoms. The van der Waals surface area contributed by atoms with E-state index in [2.05, 4.69) is 0 Å². The average Bonchev–Trinajstić information content (AvgIpc) is 2.36. The second kappa shape index (κ2) is 4.80. The lowest BCUT2D eigenvalue weighted by Crippen LogP contribution is -2.09. The van der Waals surface area contributed by atoms with Crippen LogP contribution in [0.1, 0.15) is 27.0 Å². The Hall–Kier alpha value is -2.23. The molecule has 0 amide bonds. The Morgan fingerprint density at radius 1 is 1.00 bits per heavy atom. The van der Waals surface area contributed by atoms with Gasteiger partial charge in [0.2, 0.25) is 0 Å². The third-order valence-electron chi connectivity index (χ3n) is 2.95. The van der Waals surface area contributed by atoms with Gasteiger partial charge in [-0.1, -0.05) is 11.6 Å². The average molecular weight is 261 g/mol. The molecule has 0 atom stereocenters. The van der Waals surface area contributed by atoms with Crippen LogP contribution in [0.3, 0.4) is 0 Å². The predicted octanol–water partition coefficient (Wildman–Crippen LogP) is 3.39. The SMILES string of the molecule is Cc1ccc(N)c(C(=O)c2cc(F)c(C)cc2F)c1. The Morgan fingerprint density at radius 3 is 2.37 bits per heavy atom. The first-order valence-corrected chi connectivity index (χ1v) is 5.76. The summed E-state index contributed by atoms with van der Waals surface area (Å²) in [6.07, 6.45) is 0. The highest BCUT2D eigenvalue weighted by atomic mass is 19.1. The van der Waals surface area contributed by atoms with Crippen molar-refractivity contribution in [2.75, 3.05) is 5.73 Å². The summed E-state index contributed by atoms with van der Waals surface area (Å²) in [5.74, 6) is -1.97. The van der Waals surface area contributed by atoms with Crippen molar-refractivity contribution >= 4 is 11.5 Å². The predicted molar refractivity (Wildman–Crippen MR) is 70.1 cm³/mol. The van der Waals surface area contributed by atoms with Crippen LogP contribution in [-0.4, -0.2) is 5.78 Å². The lowest BCUT2D eigenvalue weighted by atomic mass is 9.98. The van der Waals surface area contributed by atoms with Crippen LogP contribution in [0, 0.1) is 25.5 Å². The number of hydrogen-bond donors (Lipinski definition) is 1. The number of nitrogen functional groups attached to an aromatic ring is 1. The first kappa shape index (κ1) is 13.2.